The number of hydrogen-bond acceptors (Lipinski definition) is 3. The second kappa shape index (κ2) is 7.43. The number of hydrogen-bond donors (Lipinski definition) is 1. The van der Waals surface area contributed by atoms with Crippen molar-refractivity contribution in [2.24, 2.45) is 0 Å². The summed E-state index contributed by atoms with van der Waals surface area (Å²) in [4.78, 5) is 0. The maximum absolute atomic E-state index is 5.70. The molecule has 0 radical (unpaired) electrons. The van der Waals surface area contributed by atoms with Crippen LogP contribution in [0.25, 0.3) is 0 Å². The highest BCUT2D eigenvalue weighted by molar-refractivity contribution is 5.44. The second-order valence-corrected chi connectivity index (χ2v) is 4.55. The van der Waals surface area contributed by atoms with E-state index in [1.807, 2.05) is 31.2 Å². The zero-order valence-corrected chi connectivity index (χ0v) is 12.1. The Hall–Kier alpha value is -2.16. The van der Waals surface area contributed by atoms with Crippen molar-refractivity contribution < 1.29 is 9.47 Å². The van der Waals surface area contributed by atoms with E-state index in [-0.39, 0.29) is 0 Å². The Morgan fingerprint density at radius 2 is 1.65 bits per heavy atom. The summed E-state index contributed by atoms with van der Waals surface area (Å²) in [6, 6.07) is 16.1. The van der Waals surface area contributed by atoms with Crippen molar-refractivity contribution in [1.29, 1.82) is 0 Å². The summed E-state index contributed by atoms with van der Waals surface area (Å²) in [7, 11) is 0. The summed E-state index contributed by atoms with van der Waals surface area (Å²) in [6.45, 7) is 6.10. The van der Waals surface area contributed by atoms with Crippen LogP contribution < -0.4 is 14.8 Å². The van der Waals surface area contributed by atoms with Gasteiger partial charge in [-0.1, -0.05) is 23.8 Å². The number of ether oxygens (including phenoxy) is 2. The van der Waals surface area contributed by atoms with Crippen molar-refractivity contribution in [1.82, 2.24) is 0 Å². The van der Waals surface area contributed by atoms with E-state index in [0.29, 0.717) is 13.2 Å². The van der Waals surface area contributed by atoms with Gasteiger partial charge in [0.1, 0.15) is 18.1 Å². The van der Waals surface area contributed by atoms with Crippen LogP contribution in [0.15, 0.2) is 48.5 Å². The van der Waals surface area contributed by atoms with Gasteiger partial charge < -0.3 is 14.8 Å². The maximum Gasteiger partial charge on any atom is 0.123 e. The highest BCUT2D eigenvalue weighted by Crippen LogP contribution is 2.19. The molecule has 20 heavy (non-hydrogen) atoms. The Balaban J connectivity index is 1.75. The van der Waals surface area contributed by atoms with Gasteiger partial charge >= 0.3 is 0 Å². The molecule has 2 aromatic rings. The number of rotatable bonds is 7. The molecule has 0 aromatic heterocycles. The van der Waals surface area contributed by atoms with Crippen LogP contribution in [-0.2, 0) is 0 Å². The SMILES string of the molecule is CCOc1cccc(OCCNc2ccc(C)cc2)c1. The predicted octanol–water partition coefficient (Wildman–Crippen LogP) is 3.88. The van der Waals surface area contributed by atoms with Crippen molar-refractivity contribution in [3.63, 3.8) is 0 Å². The molecule has 2 rings (SSSR count). The fourth-order valence-electron chi connectivity index (χ4n) is 1.86. The third-order valence-electron chi connectivity index (χ3n) is 2.87. The van der Waals surface area contributed by atoms with Crippen molar-refractivity contribution in [3.8, 4) is 11.5 Å². The van der Waals surface area contributed by atoms with Gasteiger partial charge in [-0.2, -0.15) is 0 Å². The average molecular weight is 271 g/mol. The van der Waals surface area contributed by atoms with Gasteiger partial charge in [0.25, 0.3) is 0 Å². The zero-order chi connectivity index (χ0) is 14.2. The summed E-state index contributed by atoms with van der Waals surface area (Å²) in [6.07, 6.45) is 0. The molecular weight excluding hydrogens is 250 g/mol. The molecule has 0 spiro atoms. The maximum atomic E-state index is 5.70. The molecule has 2 aromatic carbocycles. The van der Waals surface area contributed by atoms with E-state index >= 15 is 0 Å². The molecule has 0 fully saturated rings. The van der Waals surface area contributed by atoms with E-state index in [0.717, 1.165) is 23.7 Å². The van der Waals surface area contributed by atoms with Crippen LogP contribution in [0.5, 0.6) is 11.5 Å². The molecule has 0 unspecified atom stereocenters. The molecule has 3 heteroatoms. The quantitative estimate of drug-likeness (QED) is 0.775. The molecule has 3 nitrogen and oxygen atoms in total. The highest BCUT2D eigenvalue weighted by Gasteiger charge is 1.97. The first-order valence-corrected chi connectivity index (χ1v) is 6.94. The van der Waals surface area contributed by atoms with Crippen LogP contribution in [0, 0.1) is 6.92 Å². The number of benzene rings is 2. The summed E-state index contributed by atoms with van der Waals surface area (Å²) in [5.74, 6) is 1.68. The van der Waals surface area contributed by atoms with Crippen molar-refractivity contribution in [2.75, 3.05) is 25.1 Å². The third kappa shape index (κ3) is 4.50. The molecule has 0 aliphatic heterocycles. The average Bonchev–Trinajstić information content (AvgIpc) is 2.46. The summed E-state index contributed by atoms with van der Waals surface area (Å²) >= 11 is 0. The summed E-state index contributed by atoms with van der Waals surface area (Å²) in [5.41, 5.74) is 2.38. The second-order valence-electron chi connectivity index (χ2n) is 4.55. The number of aryl methyl sites for hydroxylation is 1. The van der Waals surface area contributed by atoms with Gasteiger partial charge in [0.05, 0.1) is 6.61 Å². The first kappa shape index (κ1) is 14.3. The van der Waals surface area contributed by atoms with Gasteiger partial charge in [-0.25, -0.2) is 0 Å². The summed E-state index contributed by atoms with van der Waals surface area (Å²) in [5, 5.41) is 3.33. The van der Waals surface area contributed by atoms with Gasteiger partial charge in [0, 0.05) is 18.3 Å². The fraction of sp³-hybridized carbons (Fsp3) is 0.294. The normalized spacial score (nSPS) is 10.1. The van der Waals surface area contributed by atoms with Gasteiger partial charge in [-0.3, -0.25) is 0 Å². The molecule has 0 aliphatic carbocycles. The predicted molar refractivity (Wildman–Crippen MR) is 82.8 cm³/mol. The van der Waals surface area contributed by atoms with Crippen LogP contribution in [0.2, 0.25) is 0 Å². The lowest BCUT2D eigenvalue weighted by Crippen LogP contribution is -2.11. The molecule has 0 atom stereocenters. The van der Waals surface area contributed by atoms with Gasteiger partial charge in [0.2, 0.25) is 0 Å². The molecule has 106 valence electrons. The Labute approximate surface area is 120 Å². The zero-order valence-electron chi connectivity index (χ0n) is 12.1. The molecule has 0 amide bonds. The number of anilines is 1. The molecule has 0 aliphatic rings. The Morgan fingerprint density at radius 1 is 0.950 bits per heavy atom. The van der Waals surface area contributed by atoms with Crippen molar-refractivity contribution >= 4 is 5.69 Å². The number of nitrogens with one attached hydrogen (secondary N) is 1. The van der Waals surface area contributed by atoms with E-state index < -0.39 is 0 Å². The Bertz CT molecular complexity index is 523. The van der Waals surface area contributed by atoms with Crippen molar-refractivity contribution in [3.05, 3.63) is 54.1 Å². The van der Waals surface area contributed by atoms with E-state index in [1.165, 1.54) is 5.56 Å². The fourth-order valence-corrected chi connectivity index (χ4v) is 1.86. The first-order valence-electron chi connectivity index (χ1n) is 6.94. The van der Waals surface area contributed by atoms with Crippen LogP contribution in [-0.4, -0.2) is 19.8 Å². The molecule has 0 heterocycles. The van der Waals surface area contributed by atoms with E-state index in [2.05, 4.69) is 36.5 Å². The Morgan fingerprint density at radius 3 is 2.35 bits per heavy atom. The lowest BCUT2D eigenvalue weighted by molar-refractivity contribution is 0.319. The molecular formula is C17H21NO2. The lowest BCUT2D eigenvalue weighted by atomic mass is 10.2. The largest absolute Gasteiger partial charge is 0.494 e. The molecule has 0 saturated heterocycles. The van der Waals surface area contributed by atoms with Gasteiger partial charge in [-0.05, 0) is 38.1 Å². The highest BCUT2D eigenvalue weighted by atomic mass is 16.5. The topological polar surface area (TPSA) is 30.5 Å². The monoisotopic (exact) mass is 271 g/mol. The summed E-state index contributed by atoms with van der Waals surface area (Å²) < 4.78 is 11.1. The minimum Gasteiger partial charge on any atom is -0.494 e. The minimum atomic E-state index is 0.615. The minimum absolute atomic E-state index is 0.615. The molecule has 0 saturated carbocycles. The van der Waals surface area contributed by atoms with Gasteiger partial charge in [0.15, 0.2) is 0 Å². The van der Waals surface area contributed by atoms with Crippen molar-refractivity contribution in [2.45, 2.75) is 13.8 Å². The third-order valence-corrected chi connectivity index (χ3v) is 2.87. The molecule has 0 bridgehead atoms. The molecule has 1 N–H and O–H groups in total. The lowest BCUT2D eigenvalue weighted by Gasteiger charge is -2.10. The van der Waals surface area contributed by atoms with Crippen LogP contribution >= 0.6 is 0 Å². The van der Waals surface area contributed by atoms with E-state index in [1.54, 1.807) is 0 Å². The van der Waals surface area contributed by atoms with Gasteiger partial charge in [-0.15, -0.1) is 0 Å². The van der Waals surface area contributed by atoms with E-state index in [9.17, 15) is 0 Å². The standard InChI is InChI=1S/C17H21NO2/c1-3-19-16-5-4-6-17(13-16)20-12-11-18-15-9-7-14(2)8-10-15/h4-10,13,18H,3,11-12H2,1-2H3. The van der Waals surface area contributed by atoms with Crippen LogP contribution in [0.3, 0.4) is 0 Å². The first-order chi connectivity index (χ1) is 9.78. The Kier molecular flexibility index (Phi) is 5.30. The smallest absolute Gasteiger partial charge is 0.123 e. The van der Waals surface area contributed by atoms with Crippen LogP contribution in [0.4, 0.5) is 5.69 Å². The van der Waals surface area contributed by atoms with E-state index in [4.69, 9.17) is 9.47 Å². The van der Waals surface area contributed by atoms with Crippen LogP contribution in [0.1, 0.15) is 12.5 Å².